The lowest BCUT2D eigenvalue weighted by Gasteiger charge is -2.28. The van der Waals surface area contributed by atoms with Crippen LogP contribution in [-0.4, -0.2) is 0 Å². The van der Waals surface area contributed by atoms with Crippen LogP contribution in [0.3, 0.4) is 0 Å². The number of rotatable bonds is 9. The van der Waals surface area contributed by atoms with E-state index in [4.69, 9.17) is 5.26 Å². The van der Waals surface area contributed by atoms with Gasteiger partial charge in [-0.2, -0.15) is 5.26 Å². The van der Waals surface area contributed by atoms with E-state index in [9.17, 15) is 8.78 Å². The molecule has 3 heteroatoms. The molecular formula is C22H31F2N. The van der Waals surface area contributed by atoms with Crippen LogP contribution in [0.15, 0.2) is 12.1 Å². The van der Waals surface area contributed by atoms with Crippen LogP contribution in [0.4, 0.5) is 8.78 Å². The summed E-state index contributed by atoms with van der Waals surface area (Å²) in [7, 11) is 0. The molecule has 0 atom stereocenters. The van der Waals surface area contributed by atoms with Crippen molar-refractivity contribution in [2.45, 2.75) is 84.0 Å². The van der Waals surface area contributed by atoms with Crippen molar-refractivity contribution in [3.05, 3.63) is 34.9 Å². The molecule has 0 spiro atoms. The Morgan fingerprint density at radius 1 is 0.920 bits per heavy atom. The Bertz CT molecular complexity index is 568. The Kier molecular flexibility index (Phi) is 8.38. The molecule has 1 aliphatic rings. The summed E-state index contributed by atoms with van der Waals surface area (Å²) in [6.45, 7) is 2.25. The van der Waals surface area contributed by atoms with Crippen molar-refractivity contribution in [2.75, 3.05) is 0 Å². The molecule has 1 fully saturated rings. The van der Waals surface area contributed by atoms with Crippen LogP contribution in [0.5, 0.6) is 0 Å². The fourth-order valence-corrected chi connectivity index (χ4v) is 4.07. The summed E-state index contributed by atoms with van der Waals surface area (Å²) in [4.78, 5) is 0. The second kappa shape index (κ2) is 10.5. The largest absolute Gasteiger partial charge is 0.207 e. The number of hydrogen-bond acceptors (Lipinski definition) is 1. The highest BCUT2D eigenvalue weighted by atomic mass is 19.1. The third kappa shape index (κ3) is 6.42. The maximum atomic E-state index is 13.9. The first-order valence-electron chi connectivity index (χ1n) is 10.0. The Labute approximate surface area is 151 Å². The topological polar surface area (TPSA) is 23.8 Å². The van der Waals surface area contributed by atoms with E-state index in [1.165, 1.54) is 70.3 Å². The quantitative estimate of drug-likeness (QED) is 0.444. The fourth-order valence-electron chi connectivity index (χ4n) is 4.07. The lowest BCUT2D eigenvalue weighted by Crippen LogP contribution is -2.15. The van der Waals surface area contributed by atoms with E-state index in [2.05, 4.69) is 6.92 Å². The maximum Gasteiger partial charge on any atom is 0.141 e. The molecule has 0 N–H and O–H groups in total. The molecule has 0 heterocycles. The van der Waals surface area contributed by atoms with Crippen LogP contribution in [-0.2, 0) is 6.42 Å². The van der Waals surface area contributed by atoms with Crippen LogP contribution in [0.2, 0.25) is 0 Å². The molecule has 0 bridgehead atoms. The molecule has 1 aromatic rings. The van der Waals surface area contributed by atoms with Gasteiger partial charge in [-0.25, -0.2) is 8.78 Å². The summed E-state index contributed by atoms with van der Waals surface area (Å²) in [5.74, 6) is 0.459. The highest BCUT2D eigenvalue weighted by Crippen LogP contribution is 2.34. The lowest BCUT2D eigenvalue weighted by atomic mass is 9.77. The average molecular weight is 347 g/mol. The third-order valence-corrected chi connectivity index (χ3v) is 5.76. The minimum atomic E-state index is -0.606. The SMILES string of the molecule is CCCCCCC[C@H]1CC[C@H](CCc2cc(F)c(C#N)cc2F)CC1. The van der Waals surface area contributed by atoms with Crippen molar-refractivity contribution >= 4 is 0 Å². The second-order valence-corrected chi connectivity index (χ2v) is 7.66. The van der Waals surface area contributed by atoms with Gasteiger partial charge < -0.3 is 0 Å². The van der Waals surface area contributed by atoms with Crippen LogP contribution in [0, 0.1) is 34.8 Å². The number of aryl methyl sites for hydroxylation is 1. The van der Waals surface area contributed by atoms with E-state index in [0.717, 1.165) is 18.4 Å². The van der Waals surface area contributed by atoms with Crippen LogP contribution in [0.25, 0.3) is 0 Å². The van der Waals surface area contributed by atoms with Crippen LogP contribution < -0.4 is 0 Å². The molecule has 0 saturated heterocycles. The molecule has 0 radical (unpaired) electrons. The highest BCUT2D eigenvalue weighted by molar-refractivity contribution is 5.34. The van der Waals surface area contributed by atoms with E-state index in [1.807, 2.05) is 0 Å². The van der Waals surface area contributed by atoms with Gasteiger partial charge in [-0.05, 0) is 42.4 Å². The summed E-state index contributed by atoms with van der Waals surface area (Å²) < 4.78 is 27.6. The van der Waals surface area contributed by atoms with Crippen LogP contribution >= 0.6 is 0 Å². The molecule has 0 unspecified atom stereocenters. The minimum Gasteiger partial charge on any atom is -0.207 e. The summed E-state index contributed by atoms with van der Waals surface area (Å²) in [6, 6.07) is 3.92. The average Bonchev–Trinajstić information content (AvgIpc) is 2.63. The van der Waals surface area contributed by atoms with Gasteiger partial charge in [0.2, 0.25) is 0 Å². The van der Waals surface area contributed by atoms with E-state index in [-0.39, 0.29) is 5.56 Å². The molecule has 0 aliphatic heterocycles. The predicted octanol–water partition coefficient (Wildman–Crippen LogP) is 6.94. The van der Waals surface area contributed by atoms with Crippen LogP contribution in [0.1, 0.15) is 88.7 Å². The van der Waals surface area contributed by atoms with Gasteiger partial charge in [0.1, 0.15) is 17.7 Å². The normalized spacial score (nSPS) is 20.4. The first-order valence-corrected chi connectivity index (χ1v) is 10.0. The number of hydrogen-bond donors (Lipinski definition) is 0. The molecule has 2 rings (SSSR count). The zero-order chi connectivity index (χ0) is 18.1. The molecule has 0 aromatic heterocycles. The molecular weight excluding hydrogens is 316 g/mol. The van der Waals surface area contributed by atoms with Gasteiger partial charge in [0.25, 0.3) is 0 Å². The molecule has 1 saturated carbocycles. The first kappa shape index (κ1) is 19.9. The van der Waals surface area contributed by atoms with Crippen molar-refractivity contribution < 1.29 is 8.78 Å². The smallest absolute Gasteiger partial charge is 0.141 e. The fraction of sp³-hybridized carbons (Fsp3) is 0.682. The van der Waals surface area contributed by atoms with Crippen molar-refractivity contribution in [1.29, 1.82) is 5.26 Å². The summed E-state index contributed by atoms with van der Waals surface area (Å²) in [5, 5.41) is 8.74. The predicted molar refractivity (Wildman–Crippen MR) is 98.2 cm³/mol. The molecule has 25 heavy (non-hydrogen) atoms. The van der Waals surface area contributed by atoms with Crippen molar-refractivity contribution in [3.63, 3.8) is 0 Å². The number of nitriles is 1. The zero-order valence-electron chi connectivity index (χ0n) is 15.5. The minimum absolute atomic E-state index is 0.208. The Balaban J connectivity index is 1.69. The number of benzene rings is 1. The third-order valence-electron chi connectivity index (χ3n) is 5.76. The van der Waals surface area contributed by atoms with E-state index < -0.39 is 11.6 Å². The number of unbranched alkanes of at least 4 members (excludes halogenated alkanes) is 4. The van der Waals surface area contributed by atoms with Gasteiger partial charge in [0, 0.05) is 0 Å². The Hall–Kier alpha value is -1.43. The summed E-state index contributed by atoms with van der Waals surface area (Å²) in [5.41, 5.74) is 0.204. The van der Waals surface area contributed by atoms with Gasteiger partial charge >= 0.3 is 0 Å². The maximum absolute atomic E-state index is 13.9. The molecule has 1 nitrogen and oxygen atoms in total. The lowest BCUT2D eigenvalue weighted by molar-refractivity contribution is 0.248. The monoisotopic (exact) mass is 347 g/mol. The molecule has 1 aromatic carbocycles. The van der Waals surface area contributed by atoms with Crippen molar-refractivity contribution in [3.8, 4) is 6.07 Å². The van der Waals surface area contributed by atoms with E-state index >= 15 is 0 Å². The first-order chi connectivity index (χ1) is 12.1. The van der Waals surface area contributed by atoms with Gasteiger partial charge in [-0.1, -0.05) is 71.1 Å². The van der Waals surface area contributed by atoms with E-state index in [1.54, 1.807) is 6.07 Å². The van der Waals surface area contributed by atoms with Crippen molar-refractivity contribution in [1.82, 2.24) is 0 Å². The second-order valence-electron chi connectivity index (χ2n) is 7.66. The van der Waals surface area contributed by atoms with Gasteiger partial charge in [0.15, 0.2) is 0 Å². The zero-order valence-corrected chi connectivity index (χ0v) is 15.5. The number of halogens is 2. The Morgan fingerprint density at radius 2 is 1.56 bits per heavy atom. The highest BCUT2D eigenvalue weighted by Gasteiger charge is 2.21. The Morgan fingerprint density at radius 3 is 2.20 bits per heavy atom. The van der Waals surface area contributed by atoms with Gasteiger partial charge in [-0.3, -0.25) is 0 Å². The molecule has 138 valence electrons. The van der Waals surface area contributed by atoms with Crippen molar-refractivity contribution in [2.24, 2.45) is 11.8 Å². The summed E-state index contributed by atoms with van der Waals surface area (Å²) >= 11 is 0. The van der Waals surface area contributed by atoms with Gasteiger partial charge in [0.05, 0.1) is 5.56 Å². The molecule has 0 amide bonds. The van der Waals surface area contributed by atoms with E-state index in [0.29, 0.717) is 17.9 Å². The number of nitrogens with zero attached hydrogens (tertiary/aromatic N) is 1. The standard InChI is InChI=1S/C22H31F2N/c1-2-3-4-5-6-7-17-8-10-18(11-9-17)12-13-19-14-22(24)20(16-25)15-21(19)23/h14-15,17-18H,2-13H2,1H3/t17-,18-. The molecule has 1 aliphatic carbocycles. The van der Waals surface area contributed by atoms with Gasteiger partial charge in [-0.15, -0.1) is 0 Å². The summed E-state index contributed by atoms with van der Waals surface area (Å²) in [6.07, 6.45) is 14.7.